The minimum Gasteiger partial charge on any atom is -0.353 e. The molecular formula is C21H20F3N5O. The van der Waals surface area contributed by atoms with Crippen LogP contribution in [0.15, 0.2) is 54.6 Å². The highest BCUT2D eigenvalue weighted by Crippen LogP contribution is 2.32. The molecule has 1 fully saturated rings. The number of nitrogens with one attached hydrogen (secondary N) is 1. The van der Waals surface area contributed by atoms with E-state index in [9.17, 15) is 18.0 Å². The summed E-state index contributed by atoms with van der Waals surface area (Å²) >= 11 is 0. The number of carbonyl (C=O) groups excluding carboxylic acids is 1. The second-order valence-corrected chi connectivity index (χ2v) is 7.06. The van der Waals surface area contributed by atoms with Gasteiger partial charge in [-0.15, -0.1) is 10.2 Å². The molecule has 1 saturated heterocycles. The van der Waals surface area contributed by atoms with Crippen LogP contribution in [0.25, 0.3) is 11.4 Å². The minimum absolute atomic E-state index is 0.125. The van der Waals surface area contributed by atoms with Gasteiger partial charge in [0, 0.05) is 25.2 Å². The van der Waals surface area contributed by atoms with E-state index in [-0.39, 0.29) is 12.5 Å². The van der Waals surface area contributed by atoms with Crippen molar-refractivity contribution in [2.45, 2.75) is 19.1 Å². The molecule has 156 valence electrons. The van der Waals surface area contributed by atoms with Crippen LogP contribution in [0.5, 0.6) is 0 Å². The number of nitrogens with zero attached hydrogens (tertiary/aromatic N) is 4. The third-order valence-electron chi connectivity index (χ3n) is 4.97. The van der Waals surface area contributed by atoms with Gasteiger partial charge in [-0.25, -0.2) is 0 Å². The predicted molar refractivity (Wildman–Crippen MR) is 106 cm³/mol. The van der Waals surface area contributed by atoms with Crippen molar-refractivity contribution < 1.29 is 18.0 Å². The fourth-order valence-electron chi connectivity index (χ4n) is 3.48. The van der Waals surface area contributed by atoms with Crippen LogP contribution < -0.4 is 10.2 Å². The van der Waals surface area contributed by atoms with E-state index in [1.165, 1.54) is 6.07 Å². The monoisotopic (exact) mass is 415 g/mol. The Kier molecular flexibility index (Phi) is 5.43. The van der Waals surface area contributed by atoms with E-state index < -0.39 is 11.7 Å². The molecule has 0 bridgehead atoms. The summed E-state index contributed by atoms with van der Waals surface area (Å²) in [6.07, 6.45) is -3.80. The van der Waals surface area contributed by atoms with Crippen molar-refractivity contribution in [1.82, 2.24) is 20.1 Å². The average Bonchev–Trinajstić information content (AvgIpc) is 3.16. The average molecular weight is 415 g/mol. The molecule has 9 heteroatoms. The van der Waals surface area contributed by atoms with Gasteiger partial charge in [0.05, 0.1) is 12.1 Å². The molecule has 1 aliphatic heterocycles. The van der Waals surface area contributed by atoms with Gasteiger partial charge in [0.15, 0.2) is 5.82 Å². The highest BCUT2D eigenvalue weighted by atomic mass is 19.4. The summed E-state index contributed by atoms with van der Waals surface area (Å²) in [4.78, 5) is 13.6. The molecule has 2 heterocycles. The van der Waals surface area contributed by atoms with E-state index in [1.807, 2.05) is 30.3 Å². The van der Waals surface area contributed by atoms with E-state index in [0.29, 0.717) is 43.4 Å². The van der Waals surface area contributed by atoms with Gasteiger partial charge in [0.25, 0.3) is 0 Å². The molecule has 0 saturated carbocycles. The molecule has 30 heavy (non-hydrogen) atoms. The highest BCUT2D eigenvalue weighted by Gasteiger charge is 2.31. The zero-order valence-electron chi connectivity index (χ0n) is 16.1. The van der Waals surface area contributed by atoms with E-state index in [2.05, 4.69) is 15.5 Å². The number of aryl methyl sites for hydroxylation is 1. The number of hydrogen-bond donors (Lipinski definition) is 1. The lowest BCUT2D eigenvalue weighted by Crippen LogP contribution is -2.48. The molecule has 2 aromatic carbocycles. The molecule has 4 rings (SSSR count). The van der Waals surface area contributed by atoms with Gasteiger partial charge in [0.2, 0.25) is 11.9 Å². The van der Waals surface area contributed by atoms with Crippen LogP contribution in [0.3, 0.4) is 0 Å². The zero-order valence-corrected chi connectivity index (χ0v) is 16.1. The highest BCUT2D eigenvalue weighted by molar-refractivity contribution is 5.82. The largest absolute Gasteiger partial charge is 0.416 e. The maximum atomic E-state index is 13.2. The first-order chi connectivity index (χ1) is 14.4. The Balaban J connectivity index is 1.72. The summed E-state index contributed by atoms with van der Waals surface area (Å²) in [5.41, 5.74) is 0.679. The van der Waals surface area contributed by atoms with Crippen molar-refractivity contribution in [3.63, 3.8) is 0 Å². The SMILES string of the molecule is O=C1CN(c2nnc(-c3cccc(C(F)(F)F)c3)n2CCc2ccccc2)CCN1. The van der Waals surface area contributed by atoms with Crippen LogP contribution in [-0.4, -0.2) is 40.3 Å². The Bertz CT molecular complexity index is 1030. The number of rotatable bonds is 5. The summed E-state index contributed by atoms with van der Waals surface area (Å²) < 4.78 is 41.4. The number of halogens is 3. The van der Waals surface area contributed by atoms with Crippen molar-refractivity contribution in [3.8, 4) is 11.4 Å². The van der Waals surface area contributed by atoms with Gasteiger partial charge in [-0.05, 0) is 24.1 Å². The lowest BCUT2D eigenvalue weighted by Gasteiger charge is -2.27. The maximum absolute atomic E-state index is 13.2. The second kappa shape index (κ2) is 8.17. The molecule has 0 atom stereocenters. The summed E-state index contributed by atoms with van der Waals surface area (Å²) in [5, 5.41) is 11.2. The van der Waals surface area contributed by atoms with Crippen LogP contribution in [0, 0.1) is 0 Å². The summed E-state index contributed by atoms with van der Waals surface area (Å²) in [7, 11) is 0. The fourth-order valence-corrected chi connectivity index (χ4v) is 3.48. The fraction of sp³-hybridized carbons (Fsp3) is 0.286. The molecular weight excluding hydrogens is 395 g/mol. The van der Waals surface area contributed by atoms with Gasteiger partial charge in [-0.2, -0.15) is 13.2 Å². The van der Waals surface area contributed by atoms with Gasteiger partial charge in [-0.1, -0.05) is 42.5 Å². The van der Waals surface area contributed by atoms with Gasteiger partial charge >= 0.3 is 6.18 Å². The third-order valence-corrected chi connectivity index (χ3v) is 4.97. The molecule has 1 N–H and O–H groups in total. The zero-order chi connectivity index (χ0) is 21.1. The Morgan fingerprint density at radius 1 is 1.03 bits per heavy atom. The smallest absolute Gasteiger partial charge is 0.353 e. The molecule has 6 nitrogen and oxygen atoms in total. The minimum atomic E-state index is -4.45. The van der Waals surface area contributed by atoms with Gasteiger partial charge in [0.1, 0.15) is 0 Å². The lowest BCUT2D eigenvalue weighted by atomic mass is 10.1. The first-order valence-electron chi connectivity index (χ1n) is 9.58. The Morgan fingerprint density at radius 2 is 1.83 bits per heavy atom. The number of hydrogen-bond acceptors (Lipinski definition) is 4. The van der Waals surface area contributed by atoms with E-state index in [4.69, 9.17) is 0 Å². The normalized spacial score (nSPS) is 14.6. The van der Waals surface area contributed by atoms with E-state index in [0.717, 1.165) is 17.7 Å². The second-order valence-electron chi connectivity index (χ2n) is 7.06. The molecule has 3 aromatic rings. The molecule has 0 radical (unpaired) electrons. The maximum Gasteiger partial charge on any atom is 0.416 e. The van der Waals surface area contributed by atoms with Crippen molar-refractivity contribution in [3.05, 3.63) is 65.7 Å². The number of carbonyl (C=O) groups is 1. The number of benzene rings is 2. The van der Waals surface area contributed by atoms with Crippen LogP contribution in [0.4, 0.5) is 19.1 Å². The Labute approximate surface area is 171 Å². The lowest BCUT2D eigenvalue weighted by molar-refractivity contribution is -0.137. The molecule has 0 spiro atoms. The van der Waals surface area contributed by atoms with Crippen molar-refractivity contribution in [2.75, 3.05) is 24.5 Å². The van der Waals surface area contributed by atoms with E-state index in [1.54, 1.807) is 15.5 Å². The molecule has 1 amide bonds. The molecule has 0 unspecified atom stereocenters. The van der Waals surface area contributed by atoms with Crippen LogP contribution in [0.2, 0.25) is 0 Å². The van der Waals surface area contributed by atoms with E-state index >= 15 is 0 Å². The number of aromatic nitrogens is 3. The summed E-state index contributed by atoms with van der Waals surface area (Å²) in [6, 6.07) is 14.8. The van der Waals surface area contributed by atoms with Gasteiger partial charge < -0.3 is 10.2 Å². The number of alkyl halides is 3. The van der Waals surface area contributed by atoms with Gasteiger partial charge in [-0.3, -0.25) is 9.36 Å². The van der Waals surface area contributed by atoms with Crippen LogP contribution in [-0.2, 0) is 23.9 Å². The first kappa shape index (κ1) is 19.9. The molecule has 1 aromatic heterocycles. The number of anilines is 1. The first-order valence-corrected chi connectivity index (χ1v) is 9.58. The van der Waals surface area contributed by atoms with Crippen molar-refractivity contribution in [2.24, 2.45) is 0 Å². The Hall–Kier alpha value is -3.36. The Morgan fingerprint density at radius 3 is 2.57 bits per heavy atom. The molecule has 1 aliphatic rings. The predicted octanol–water partition coefficient (Wildman–Crippen LogP) is 3.14. The quantitative estimate of drug-likeness (QED) is 0.696. The summed E-state index contributed by atoms with van der Waals surface area (Å²) in [5.74, 6) is 0.700. The van der Waals surface area contributed by atoms with Crippen molar-refractivity contribution >= 4 is 11.9 Å². The number of piperazine rings is 1. The molecule has 0 aliphatic carbocycles. The topological polar surface area (TPSA) is 63.1 Å². The van der Waals surface area contributed by atoms with Crippen LogP contribution >= 0.6 is 0 Å². The summed E-state index contributed by atoms with van der Waals surface area (Å²) in [6.45, 7) is 1.63. The number of amides is 1. The van der Waals surface area contributed by atoms with Crippen molar-refractivity contribution in [1.29, 1.82) is 0 Å². The third kappa shape index (κ3) is 4.29. The van der Waals surface area contributed by atoms with Crippen LogP contribution in [0.1, 0.15) is 11.1 Å². The standard InChI is InChI=1S/C21H20F3N5O/c22-21(23,24)17-8-4-7-16(13-17)19-26-27-20(28-12-10-25-18(30)14-28)29(19)11-9-15-5-2-1-3-6-15/h1-8,13H,9-12,14H2,(H,25,30).